The lowest BCUT2D eigenvalue weighted by Gasteiger charge is -2.23. The molecule has 1 amide bonds. The van der Waals surface area contributed by atoms with Gasteiger partial charge >= 0.3 is 0 Å². The van der Waals surface area contributed by atoms with Gasteiger partial charge in [0.2, 0.25) is 5.89 Å². The van der Waals surface area contributed by atoms with Gasteiger partial charge < -0.3 is 9.42 Å². The van der Waals surface area contributed by atoms with Gasteiger partial charge in [0.05, 0.1) is 0 Å². The summed E-state index contributed by atoms with van der Waals surface area (Å²) in [4.78, 5) is 18.8. The summed E-state index contributed by atoms with van der Waals surface area (Å²) in [7, 11) is 0. The zero-order valence-corrected chi connectivity index (χ0v) is 12.5. The number of rotatable bonds is 4. The Labute approximate surface area is 124 Å². The largest absolute Gasteiger partial charge is 0.337 e. The maximum atomic E-state index is 12.5. The van der Waals surface area contributed by atoms with E-state index in [0.717, 1.165) is 17.5 Å². The van der Waals surface area contributed by atoms with Crippen LogP contribution >= 0.6 is 0 Å². The number of benzene rings is 1. The standard InChI is InChI=1S/C16H19N3O2/c1-4-13(15-17-14(10(2)3)18-21-15)19-9-11-7-5-6-8-12(11)16(19)20/h5-8,10,13H,4,9H2,1-3H3/t13-/m1/s1. The van der Waals surface area contributed by atoms with Crippen molar-refractivity contribution in [3.05, 3.63) is 47.1 Å². The van der Waals surface area contributed by atoms with Gasteiger partial charge in [-0.05, 0) is 18.1 Å². The zero-order valence-electron chi connectivity index (χ0n) is 12.5. The van der Waals surface area contributed by atoms with Crippen LogP contribution in [0.3, 0.4) is 0 Å². The molecule has 0 aliphatic carbocycles. The first-order valence-electron chi connectivity index (χ1n) is 7.34. The molecule has 0 N–H and O–H groups in total. The third-order valence-corrected chi connectivity index (χ3v) is 3.87. The van der Waals surface area contributed by atoms with Crippen molar-refractivity contribution < 1.29 is 9.32 Å². The fraction of sp³-hybridized carbons (Fsp3) is 0.438. The van der Waals surface area contributed by atoms with Crippen LogP contribution in [0.25, 0.3) is 0 Å². The van der Waals surface area contributed by atoms with Gasteiger partial charge in [0.1, 0.15) is 6.04 Å². The second kappa shape index (κ2) is 5.31. The Kier molecular flexibility index (Phi) is 3.49. The summed E-state index contributed by atoms with van der Waals surface area (Å²) in [6, 6.07) is 7.56. The van der Waals surface area contributed by atoms with Crippen LogP contribution in [0.15, 0.2) is 28.8 Å². The molecule has 1 aliphatic heterocycles. The highest BCUT2D eigenvalue weighted by molar-refractivity contribution is 5.98. The van der Waals surface area contributed by atoms with Crippen molar-refractivity contribution in [1.29, 1.82) is 0 Å². The lowest BCUT2D eigenvalue weighted by molar-refractivity contribution is 0.0658. The van der Waals surface area contributed by atoms with Crippen LogP contribution in [0, 0.1) is 0 Å². The molecule has 110 valence electrons. The fourth-order valence-electron chi connectivity index (χ4n) is 2.67. The number of amides is 1. The van der Waals surface area contributed by atoms with Gasteiger partial charge in [-0.15, -0.1) is 0 Å². The molecule has 5 nitrogen and oxygen atoms in total. The summed E-state index contributed by atoms with van der Waals surface area (Å²) in [6.45, 7) is 6.67. The Balaban J connectivity index is 1.89. The Morgan fingerprint density at radius 3 is 2.71 bits per heavy atom. The molecule has 1 aromatic carbocycles. The van der Waals surface area contributed by atoms with Crippen molar-refractivity contribution in [2.24, 2.45) is 0 Å². The first-order valence-corrected chi connectivity index (χ1v) is 7.34. The number of hydrogen-bond donors (Lipinski definition) is 0. The second-order valence-corrected chi connectivity index (χ2v) is 5.66. The average molecular weight is 285 g/mol. The number of aromatic nitrogens is 2. The highest BCUT2D eigenvalue weighted by Crippen LogP contribution is 2.32. The molecule has 0 fully saturated rings. The predicted molar refractivity (Wildman–Crippen MR) is 77.7 cm³/mol. The van der Waals surface area contributed by atoms with E-state index >= 15 is 0 Å². The average Bonchev–Trinajstić information content (AvgIpc) is 3.07. The molecule has 0 spiro atoms. The Hall–Kier alpha value is -2.17. The molecule has 0 bridgehead atoms. The predicted octanol–water partition coefficient (Wildman–Crippen LogP) is 3.30. The van der Waals surface area contributed by atoms with E-state index < -0.39 is 0 Å². The molecule has 1 aliphatic rings. The smallest absolute Gasteiger partial charge is 0.255 e. The number of carbonyl (C=O) groups is 1. The third kappa shape index (κ3) is 2.33. The molecule has 21 heavy (non-hydrogen) atoms. The van der Waals surface area contributed by atoms with Gasteiger partial charge in [-0.25, -0.2) is 0 Å². The van der Waals surface area contributed by atoms with Gasteiger partial charge in [-0.2, -0.15) is 4.98 Å². The maximum absolute atomic E-state index is 12.5. The van der Waals surface area contributed by atoms with Crippen molar-refractivity contribution in [3.8, 4) is 0 Å². The van der Waals surface area contributed by atoms with Crippen molar-refractivity contribution in [3.63, 3.8) is 0 Å². The molecule has 3 rings (SSSR count). The van der Waals surface area contributed by atoms with E-state index in [9.17, 15) is 4.79 Å². The van der Waals surface area contributed by atoms with E-state index in [4.69, 9.17) is 4.52 Å². The lowest BCUT2D eigenvalue weighted by atomic mass is 10.1. The van der Waals surface area contributed by atoms with Gasteiger partial charge in [0, 0.05) is 18.0 Å². The van der Waals surface area contributed by atoms with E-state index in [0.29, 0.717) is 18.3 Å². The third-order valence-electron chi connectivity index (χ3n) is 3.87. The van der Waals surface area contributed by atoms with Gasteiger partial charge in [-0.1, -0.05) is 44.1 Å². The van der Waals surface area contributed by atoms with Crippen LogP contribution in [0.5, 0.6) is 0 Å². The van der Waals surface area contributed by atoms with Crippen molar-refractivity contribution in [1.82, 2.24) is 15.0 Å². The molecule has 0 radical (unpaired) electrons. The molecule has 1 atom stereocenters. The molecule has 2 aromatic rings. The van der Waals surface area contributed by atoms with Gasteiger partial charge in [-0.3, -0.25) is 4.79 Å². The minimum Gasteiger partial charge on any atom is -0.337 e. The summed E-state index contributed by atoms with van der Waals surface area (Å²) in [6.07, 6.45) is 0.749. The van der Waals surface area contributed by atoms with Crippen molar-refractivity contribution >= 4 is 5.91 Å². The van der Waals surface area contributed by atoms with E-state index in [1.165, 1.54) is 0 Å². The molecule has 5 heteroatoms. The highest BCUT2D eigenvalue weighted by atomic mass is 16.5. The van der Waals surface area contributed by atoms with Crippen molar-refractivity contribution in [2.45, 2.75) is 45.7 Å². The topological polar surface area (TPSA) is 59.2 Å². The summed E-state index contributed by atoms with van der Waals surface area (Å²) >= 11 is 0. The minimum absolute atomic E-state index is 0.0433. The number of carbonyl (C=O) groups excluding carboxylic acids is 1. The van der Waals surface area contributed by atoms with Crippen LogP contribution in [0.4, 0.5) is 0 Å². The van der Waals surface area contributed by atoms with E-state index in [-0.39, 0.29) is 17.9 Å². The first-order chi connectivity index (χ1) is 10.1. The summed E-state index contributed by atoms with van der Waals surface area (Å²) in [5.41, 5.74) is 1.84. The Morgan fingerprint density at radius 1 is 1.33 bits per heavy atom. The fourth-order valence-corrected chi connectivity index (χ4v) is 2.67. The highest BCUT2D eigenvalue weighted by Gasteiger charge is 2.35. The molecular formula is C16H19N3O2. The lowest BCUT2D eigenvalue weighted by Crippen LogP contribution is -2.29. The summed E-state index contributed by atoms with van der Waals surface area (Å²) in [5.74, 6) is 1.48. The van der Waals surface area contributed by atoms with Gasteiger partial charge in [0.25, 0.3) is 5.91 Å². The summed E-state index contributed by atoms with van der Waals surface area (Å²) in [5, 5.41) is 4.01. The molecule has 0 saturated carbocycles. The zero-order chi connectivity index (χ0) is 15.0. The molecule has 1 aromatic heterocycles. The van der Waals surface area contributed by atoms with Gasteiger partial charge in [0.15, 0.2) is 5.82 Å². The van der Waals surface area contributed by atoms with Crippen molar-refractivity contribution in [2.75, 3.05) is 0 Å². The molecule has 2 heterocycles. The minimum atomic E-state index is -0.162. The van der Waals surface area contributed by atoms with Crippen LogP contribution in [0.1, 0.15) is 66.8 Å². The van der Waals surface area contributed by atoms with Crippen LogP contribution < -0.4 is 0 Å². The monoisotopic (exact) mass is 285 g/mol. The van der Waals surface area contributed by atoms with E-state index in [1.54, 1.807) is 0 Å². The van der Waals surface area contributed by atoms with Crippen LogP contribution in [-0.4, -0.2) is 20.9 Å². The van der Waals surface area contributed by atoms with E-state index in [2.05, 4.69) is 10.1 Å². The summed E-state index contributed by atoms with van der Waals surface area (Å²) < 4.78 is 5.38. The second-order valence-electron chi connectivity index (χ2n) is 5.66. The number of hydrogen-bond acceptors (Lipinski definition) is 4. The Morgan fingerprint density at radius 2 is 2.10 bits per heavy atom. The van der Waals surface area contributed by atoms with Crippen LogP contribution in [0.2, 0.25) is 0 Å². The SMILES string of the molecule is CC[C@H](c1nc(C(C)C)no1)N1Cc2ccccc2C1=O. The quantitative estimate of drug-likeness (QED) is 0.864. The molecule has 0 unspecified atom stereocenters. The first kappa shape index (κ1) is 13.8. The number of nitrogens with zero attached hydrogens (tertiary/aromatic N) is 3. The Bertz CT molecular complexity index is 663. The maximum Gasteiger partial charge on any atom is 0.255 e. The molecule has 0 saturated heterocycles. The van der Waals surface area contributed by atoms with Crippen LogP contribution in [-0.2, 0) is 6.54 Å². The van der Waals surface area contributed by atoms with E-state index in [1.807, 2.05) is 49.9 Å². The number of fused-ring (bicyclic) bond motifs is 1. The normalized spacial score (nSPS) is 15.6. The molecular weight excluding hydrogens is 266 g/mol.